The van der Waals surface area contributed by atoms with Crippen molar-refractivity contribution in [3.05, 3.63) is 17.6 Å². The van der Waals surface area contributed by atoms with Gasteiger partial charge in [-0.1, -0.05) is 27.7 Å². The summed E-state index contributed by atoms with van der Waals surface area (Å²) in [6, 6.07) is 0. The topological polar surface area (TPSA) is 49.8 Å². The van der Waals surface area contributed by atoms with Crippen LogP contribution in [-0.2, 0) is 13.0 Å². The minimum atomic E-state index is 0.264. The quantitative estimate of drug-likeness (QED) is 0.858. The molecule has 1 aliphatic heterocycles. The van der Waals surface area contributed by atoms with Crippen LogP contribution in [0.3, 0.4) is 0 Å². The highest BCUT2D eigenvalue weighted by Crippen LogP contribution is 2.27. The smallest absolute Gasteiger partial charge is 0.134 e. The number of hydrogen-bond acceptors (Lipinski definition) is 4. The van der Waals surface area contributed by atoms with Gasteiger partial charge in [0.1, 0.15) is 12.1 Å². The van der Waals surface area contributed by atoms with E-state index in [1.807, 2.05) is 0 Å². The van der Waals surface area contributed by atoms with E-state index < -0.39 is 0 Å². The van der Waals surface area contributed by atoms with Crippen molar-refractivity contribution >= 4 is 5.82 Å². The molecule has 1 aromatic rings. The number of fused-ring (bicyclic) bond motifs is 1. The number of rotatable bonds is 4. The first kappa shape index (κ1) is 13.3. The molecule has 0 atom stereocenters. The molecule has 2 heterocycles. The Hall–Kier alpha value is -1.16. The molecule has 0 amide bonds. The zero-order valence-corrected chi connectivity index (χ0v) is 11.9. The molecule has 2 rings (SSSR count). The summed E-state index contributed by atoms with van der Waals surface area (Å²) in [7, 11) is 0. The molecule has 0 unspecified atom stereocenters. The normalized spacial score (nSPS) is 15.6. The molecule has 1 aliphatic rings. The Morgan fingerprint density at radius 3 is 2.89 bits per heavy atom. The molecule has 0 aliphatic carbocycles. The summed E-state index contributed by atoms with van der Waals surface area (Å²) in [5, 5.41) is 6.88. The molecule has 0 spiro atoms. The third kappa shape index (κ3) is 2.80. The van der Waals surface area contributed by atoms with Gasteiger partial charge in [0.2, 0.25) is 0 Å². The van der Waals surface area contributed by atoms with Crippen LogP contribution < -0.4 is 10.6 Å². The third-order valence-corrected chi connectivity index (χ3v) is 4.15. The van der Waals surface area contributed by atoms with Crippen LogP contribution in [-0.4, -0.2) is 23.1 Å². The molecule has 4 nitrogen and oxygen atoms in total. The maximum Gasteiger partial charge on any atom is 0.134 e. The van der Waals surface area contributed by atoms with E-state index in [-0.39, 0.29) is 5.41 Å². The van der Waals surface area contributed by atoms with Crippen LogP contribution in [0.5, 0.6) is 0 Å². The highest BCUT2D eigenvalue weighted by molar-refractivity contribution is 5.47. The predicted molar refractivity (Wildman–Crippen MR) is 74.6 cm³/mol. The zero-order chi connectivity index (χ0) is 13.2. The zero-order valence-electron chi connectivity index (χ0n) is 11.9. The monoisotopic (exact) mass is 248 g/mol. The van der Waals surface area contributed by atoms with Gasteiger partial charge in [-0.05, 0) is 11.3 Å². The van der Waals surface area contributed by atoms with E-state index in [0.717, 1.165) is 31.9 Å². The highest BCUT2D eigenvalue weighted by Gasteiger charge is 2.23. The van der Waals surface area contributed by atoms with Crippen molar-refractivity contribution in [2.24, 2.45) is 11.3 Å². The SMILES string of the molecule is CC(C)C(C)(C)CNc1ncnc2c1CNCC2. The number of hydrogen-bond donors (Lipinski definition) is 2. The van der Waals surface area contributed by atoms with Crippen LogP contribution in [0.4, 0.5) is 5.82 Å². The highest BCUT2D eigenvalue weighted by atomic mass is 15.0. The Kier molecular flexibility index (Phi) is 3.85. The van der Waals surface area contributed by atoms with Crippen LogP contribution in [0.2, 0.25) is 0 Å². The first-order valence-corrected chi connectivity index (χ1v) is 6.78. The molecule has 0 radical (unpaired) electrons. The lowest BCUT2D eigenvalue weighted by Gasteiger charge is -2.30. The first-order valence-electron chi connectivity index (χ1n) is 6.78. The molecule has 18 heavy (non-hydrogen) atoms. The minimum Gasteiger partial charge on any atom is -0.369 e. The Balaban J connectivity index is 2.10. The minimum absolute atomic E-state index is 0.264. The maximum absolute atomic E-state index is 4.39. The molecule has 2 N–H and O–H groups in total. The second kappa shape index (κ2) is 5.22. The molecule has 0 fully saturated rings. The van der Waals surface area contributed by atoms with Gasteiger partial charge in [0, 0.05) is 31.6 Å². The summed E-state index contributed by atoms with van der Waals surface area (Å²) in [4.78, 5) is 8.76. The molecule has 100 valence electrons. The Morgan fingerprint density at radius 2 is 2.17 bits per heavy atom. The van der Waals surface area contributed by atoms with Gasteiger partial charge in [-0.3, -0.25) is 0 Å². The van der Waals surface area contributed by atoms with Crippen LogP contribution in [0.25, 0.3) is 0 Å². The van der Waals surface area contributed by atoms with Crippen LogP contribution in [0, 0.1) is 11.3 Å². The Labute approximate surface area is 110 Å². The molecule has 1 aromatic heterocycles. The number of nitrogens with one attached hydrogen (secondary N) is 2. The number of aromatic nitrogens is 2. The van der Waals surface area contributed by atoms with E-state index in [4.69, 9.17) is 0 Å². The fourth-order valence-corrected chi connectivity index (χ4v) is 1.94. The average molecular weight is 248 g/mol. The van der Waals surface area contributed by atoms with Crippen molar-refractivity contribution in [3.8, 4) is 0 Å². The predicted octanol–water partition coefficient (Wildman–Crippen LogP) is 2.22. The lowest BCUT2D eigenvalue weighted by Crippen LogP contribution is -2.31. The molecule has 0 saturated carbocycles. The average Bonchev–Trinajstić information content (AvgIpc) is 2.36. The molecular formula is C14H24N4. The second-order valence-electron chi connectivity index (χ2n) is 6.07. The van der Waals surface area contributed by atoms with Crippen LogP contribution in [0.15, 0.2) is 6.33 Å². The number of anilines is 1. The first-order chi connectivity index (χ1) is 8.50. The molecular weight excluding hydrogens is 224 g/mol. The van der Waals surface area contributed by atoms with Crippen molar-refractivity contribution in [1.29, 1.82) is 0 Å². The van der Waals surface area contributed by atoms with E-state index in [2.05, 4.69) is 48.3 Å². The van der Waals surface area contributed by atoms with Crippen molar-refractivity contribution in [2.75, 3.05) is 18.4 Å². The van der Waals surface area contributed by atoms with Crippen LogP contribution >= 0.6 is 0 Å². The van der Waals surface area contributed by atoms with Gasteiger partial charge in [-0.25, -0.2) is 9.97 Å². The summed E-state index contributed by atoms with van der Waals surface area (Å²) in [6.07, 6.45) is 2.68. The van der Waals surface area contributed by atoms with Gasteiger partial charge >= 0.3 is 0 Å². The van der Waals surface area contributed by atoms with Crippen LogP contribution in [0.1, 0.15) is 39.0 Å². The van der Waals surface area contributed by atoms with E-state index in [0.29, 0.717) is 5.92 Å². The van der Waals surface area contributed by atoms with Gasteiger partial charge in [0.25, 0.3) is 0 Å². The molecule has 4 heteroatoms. The standard InChI is InChI=1S/C14H24N4/c1-10(2)14(3,4)8-16-13-11-7-15-6-5-12(11)17-9-18-13/h9-10,15H,5-8H2,1-4H3,(H,16,17,18). The number of nitrogens with zero attached hydrogens (tertiary/aromatic N) is 2. The van der Waals surface area contributed by atoms with Gasteiger partial charge in [-0.15, -0.1) is 0 Å². The summed E-state index contributed by atoms with van der Waals surface area (Å²) in [6.45, 7) is 11.9. The largest absolute Gasteiger partial charge is 0.369 e. The second-order valence-corrected chi connectivity index (χ2v) is 6.07. The van der Waals surface area contributed by atoms with Crippen molar-refractivity contribution in [2.45, 2.75) is 40.7 Å². The van der Waals surface area contributed by atoms with Gasteiger partial charge < -0.3 is 10.6 Å². The van der Waals surface area contributed by atoms with Crippen molar-refractivity contribution in [3.63, 3.8) is 0 Å². The fraction of sp³-hybridized carbons (Fsp3) is 0.714. The lowest BCUT2D eigenvalue weighted by atomic mass is 9.81. The molecule has 0 bridgehead atoms. The van der Waals surface area contributed by atoms with Crippen molar-refractivity contribution in [1.82, 2.24) is 15.3 Å². The molecule has 0 aromatic carbocycles. The van der Waals surface area contributed by atoms with Gasteiger partial charge in [-0.2, -0.15) is 0 Å². The summed E-state index contributed by atoms with van der Waals surface area (Å²) in [5.74, 6) is 1.64. The Bertz CT molecular complexity index is 412. The van der Waals surface area contributed by atoms with Crippen molar-refractivity contribution < 1.29 is 0 Å². The van der Waals surface area contributed by atoms with E-state index in [1.165, 1.54) is 11.3 Å². The van der Waals surface area contributed by atoms with E-state index >= 15 is 0 Å². The Morgan fingerprint density at radius 1 is 1.39 bits per heavy atom. The summed E-state index contributed by atoms with van der Waals surface area (Å²) < 4.78 is 0. The maximum atomic E-state index is 4.39. The summed E-state index contributed by atoms with van der Waals surface area (Å²) >= 11 is 0. The lowest BCUT2D eigenvalue weighted by molar-refractivity contribution is 0.269. The van der Waals surface area contributed by atoms with E-state index in [9.17, 15) is 0 Å². The summed E-state index contributed by atoms with van der Waals surface area (Å²) in [5.41, 5.74) is 2.69. The van der Waals surface area contributed by atoms with Gasteiger partial charge in [0.05, 0.1) is 5.69 Å². The fourth-order valence-electron chi connectivity index (χ4n) is 1.94. The van der Waals surface area contributed by atoms with E-state index in [1.54, 1.807) is 6.33 Å². The van der Waals surface area contributed by atoms with Gasteiger partial charge in [0.15, 0.2) is 0 Å². The molecule has 0 saturated heterocycles. The third-order valence-electron chi connectivity index (χ3n) is 4.15.